The summed E-state index contributed by atoms with van der Waals surface area (Å²) in [6, 6.07) is 16.4. The van der Waals surface area contributed by atoms with E-state index < -0.39 is 6.29 Å². The third-order valence-electron chi connectivity index (χ3n) is 7.32. The zero-order chi connectivity index (χ0) is 30.8. The van der Waals surface area contributed by atoms with Crippen LogP contribution in [0, 0.1) is 0 Å². The maximum Gasteiger partial charge on any atom is 0.261 e. The van der Waals surface area contributed by atoms with Gasteiger partial charge in [-0.2, -0.15) is 0 Å². The molecule has 6 rings (SSSR count). The molecule has 1 atom stereocenters. The minimum absolute atomic E-state index is 0.176. The van der Waals surface area contributed by atoms with Crippen LogP contribution in [0.5, 0.6) is 0 Å². The first-order chi connectivity index (χ1) is 21.4. The van der Waals surface area contributed by atoms with Crippen molar-refractivity contribution in [2.45, 2.75) is 40.1 Å². The lowest BCUT2D eigenvalue weighted by atomic mass is 10.1. The molecule has 2 aliphatic heterocycles. The molecule has 0 spiro atoms. The maximum absolute atomic E-state index is 14.6. The molecule has 0 N–H and O–H groups in total. The molecule has 0 radical (unpaired) electrons. The number of thiophene rings is 4. The first-order valence-corrected chi connectivity index (χ1v) is 18.1. The fraction of sp³-hybridized carbons (Fsp3) is 0.333. The minimum atomic E-state index is -0.625. The van der Waals surface area contributed by atoms with Gasteiger partial charge < -0.3 is 24.0 Å². The van der Waals surface area contributed by atoms with E-state index in [1.807, 2.05) is 57.3 Å². The summed E-state index contributed by atoms with van der Waals surface area (Å²) in [7, 11) is 0. The average Bonchev–Trinajstić information content (AvgIpc) is 3.84. The number of carbonyl (C=O) groups excluding carboxylic acids is 2. The Morgan fingerprint density at radius 2 is 1.07 bits per heavy atom. The molecule has 230 valence electrons. The number of rotatable bonds is 14. The Morgan fingerprint density at radius 1 is 0.614 bits per heavy atom. The summed E-state index contributed by atoms with van der Waals surface area (Å²) in [4.78, 5) is 38.8. The van der Waals surface area contributed by atoms with Crippen LogP contribution in [0.15, 0.2) is 70.4 Å². The zero-order valence-electron chi connectivity index (χ0n) is 25.0. The summed E-state index contributed by atoms with van der Waals surface area (Å²) in [6.07, 6.45) is -0.835. The van der Waals surface area contributed by atoms with Crippen LogP contribution in [0.3, 0.4) is 0 Å². The minimum Gasteiger partial charge on any atom is -0.377 e. The lowest BCUT2D eigenvalue weighted by Crippen LogP contribution is -2.38. The van der Waals surface area contributed by atoms with Crippen LogP contribution in [-0.2, 0) is 23.8 Å². The molecule has 0 saturated carbocycles. The Bertz CT molecular complexity index is 1680. The second-order valence-electron chi connectivity index (χ2n) is 10.2. The Morgan fingerprint density at radius 3 is 1.50 bits per heavy atom. The Hall–Kier alpha value is -2.90. The van der Waals surface area contributed by atoms with Crippen LogP contribution >= 0.6 is 45.3 Å². The van der Waals surface area contributed by atoms with Crippen molar-refractivity contribution in [2.75, 3.05) is 32.9 Å². The molecule has 0 fully saturated rings. The van der Waals surface area contributed by atoms with Crippen LogP contribution in [0.25, 0.3) is 30.9 Å². The molecule has 4 aromatic rings. The van der Waals surface area contributed by atoms with E-state index in [1.165, 1.54) is 0 Å². The van der Waals surface area contributed by atoms with Crippen molar-refractivity contribution in [2.24, 2.45) is 0 Å². The maximum atomic E-state index is 14.6. The fourth-order valence-corrected chi connectivity index (χ4v) is 9.36. The number of fused-ring (bicyclic) bond motifs is 1. The second kappa shape index (κ2) is 13.6. The normalized spacial score (nSPS) is 15.9. The Kier molecular flexibility index (Phi) is 9.62. The molecule has 6 heterocycles. The van der Waals surface area contributed by atoms with Gasteiger partial charge >= 0.3 is 0 Å². The van der Waals surface area contributed by atoms with E-state index in [0.29, 0.717) is 48.9 Å². The highest BCUT2D eigenvalue weighted by atomic mass is 32.1. The summed E-state index contributed by atoms with van der Waals surface area (Å²) < 4.78 is 17.7. The van der Waals surface area contributed by atoms with Gasteiger partial charge in [0.1, 0.15) is 0 Å². The summed E-state index contributed by atoms with van der Waals surface area (Å²) in [5.41, 5.74) is 2.14. The average molecular weight is 667 g/mol. The molecule has 0 aromatic carbocycles. The SMILES string of the molecule is CCOC(C)CN1C(=O)C2=C(c3ccc(-c4cccs4)s3)N(CC(OCC)OCC)C(=O)C2=C1c1ccc(-c2cccs2)s1. The molecule has 1 unspecified atom stereocenters. The van der Waals surface area contributed by atoms with Gasteiger partial charge in [-0.15, -0.1) is 45.3 Å². The zero-order valence-corrected chi connectivity index (χ0v) is 28.3. The number of amides is 2. The van der Waals surface area contributed by atoms with E-state index in [2.05, 4.69) is 29.6 Å². The Labute approximate surface area is 273 Å². The summed E-state index contributed by atoms with van der Waals surface area (Å²) in [6.45, 7) is 9.65. The van der Waals surface area contributed by atoms with E-state index in [4.69, 9.17) is 14.2 Å². The molecular formula is C33H34N2O5S4. The molecule has 4 aromatic heterocycles. The third kappa shape index (κ3) is 5.90. The van der Waals surface area contributed by atoms with E-state index in [9.17, 15) is 9.59 Å². The van der Waals surface area contributed by atoms with Gasteiger partial charge in [0, 0.05) is 39.3 Å². The number of ether oxygens (including phenoxy) is 3. The van der Waals surface area contributed by atoms with Crippen molar-refractivity contribution in [3.8, 4) is 19.5 Å². The standard InChI is InChI=1S/C33H34N2O5S4/c1-5-38-20(4)18-34-30(25-14-12-23(43-25)21-10-8-16-41-21)28-29(32(34)36)31(26-15-13-24(44-26)22-11-9-17-42-22)35(33(28)37)19-27(39-6-2)40-7-3/h8-17,20,27H,5-7,18-19H2,1-4H3. The molecule has 0 bridgehead atoms. The quantitative estimate of drug-likeness (QED) is 0.128. The van der Waals surface area contributed by atoms with Gasteiger partial charge in [-0.1, -0.05) is 12.1 Å². The van der Waals surface area contributed by atoms with Crippen molar-refractivity contribution in [1.29, 1.82) is 0 Å². The highest BCUT2D eigenvalue weighted by Crippen LogP contribution is 2.50. The van der Waals surface area contributed by atoms with Crippen molar-refractivity contribution >= 4 is 68.6 Å². The predicted octanol–water partition coefficient (Wildman–Crippen LogP) is 7.90. The van der Waals surface area contributed by atoms with Crippen molar-refractivity contribution in [3.63, 3.8) is 0 Å². The van der Waals surface area contributed by atoms with Crippen LogP contribution in [0.4, 0.5) is 0 Å². The molecule has 2 amide bonds. The summed E-state index contributed by atoms with van der Waals surface area (Å²) in [5, 5.41) is 4.10. The van der Waals surface area contributed by atoms with Gasteiger partial charge in [-0.3, -0.25) is 9.59 Å². The predicted molar refractivity (Wildman–Crippen MR) is 181 cm³/mol. The van der Waals surface area contributed by atoms with E-state index in [1.54, 1.807) is 55.1 Å². The van der Waals surface area contributed by atoms with Crippen molar-refractivity contribution < 1.29 is 23.8 Å². The lowest BCUT2D eigenvalue weighted by molar-refractivity contribution is -0.150. The van der Waals surface area contributed by atoms with Gasteiger partial charge in [0.05, 0.1) is 51.5 Å². The molecule has 44 heavy (non-hydrogen) atoms. The molecular weight excluding hydrogens is 633 g/mol. The topological polar surface area (TPSA) is 68.3 Å². The van der Waals surface area contributed by atoms with Crippen LogP contribution < -0.4 is 0 Å². The van der Waals surface area contributed by atoms with E-state index in [-0.39, 0.29) is 24.5 Å². The largest absolute Gasteiger partial charge is 0.377 e. The van der Waals surface area contributed by atoms with Crippen LogP contribution in [-0.4, -0.2) is 66.9 Å². The van der Waals surface area contributed by atoms with Gasteiger partial charge in [-0.05, 0) is 74.9 Å². The van der Waals surface area contributed by atoms with Crippen LogP contribution in [0.2, 0.25) is 0 Å². The molecule has 2 aliphatic rings. The lowest BCUT2D eigenvalue weighted by Gasteiger charge is -2.28. The van der Waals surface area contributed by atoms with E-state index in [0.717, 1.165) is 29.3 Å². The van der Waals surface area contributed by atoms with Gasteiger partial charge in [-0.25, -0.2) is 0 Å². The highest BCUT2D eigenvalue weighted by Gasteiger charge is 2.50. The molecule has 7 nitrogen and oxygen atoms in total. The number of hydrogen-bond donors (Lipinski definition) is 0. The van der Waals surface area contributed by atoms with Gasteiger partial charge in [0.25, 0.3) is 11.8 Å². The second-order valence-corrected chi connectivity index (χ2v) is 14.2. The summed E-state index contributed by atoms with van der Waals surface area (Å²) >= 11 is 6.51. The molecule has 11 heteroatoms. The van der Waals surface area contributed by atoms with Gasteiger partial charge in [0.15, 0.2) is 6.29 Å². The monoisotopic (exact) mass is 666 g/mol. The van der Waals surface area contributed by atoms with Crippen molar-refractivity contribution in [1.82, 2.24) is 9.80 Å². The van der Waals surface area contributed by atoms with Crippen LogP contribution in [0.1, 0.15) is 37.4 Å². The fourth-order valence-electron chi connectivity index (χ4n) is 5.56. The first kappa shape index (κ1) is 31.1. The summed E-state index contributed by atoms with van der Waals surface area (Å²) in [5.74, 6) is -0.402. The number of hydrogen-bond acceptors (Lipinski definition) is 9. The molecule has 0 saturated heterocycles. The molecule has 0 aliphatic carbocycles. The smallest absolute Gasteiger partial charge is 0.261 e. The Balaban J connectivity index is 1.52. The van der Waals surface area contributed by atoms with E-state index >= 15 is 0 Å². The third-order valence-corrected chi connectivity index (χ3v) is 11.6. The van der Waals surface area contributed by atoms with Gasteiger partial charge in [0.2, 0.25) is 0 Å². The first-order valence-electron chi connectivity index (χ1n) is 14.7. The number of carbonyl (C=O) groups is 2. The highest BCUT2D eigenvalue weighted by molar-refractivity contribution is 7.22. The van der Waals surface area contributed by atoms with Crippen molar-refractivity contribution in [3.05, 3.63) is 80.2 Å². The number of nitrogens with zero attached hydrogens (tertiary/aromatic N) is 2.